The number of methoxy groups -OCH3 is 1. The number of rotatable bonds is 8. The lowest BCUT2D eigenvalue weighted by Crippen LogP contribution is -2.11. The molecule has 5 nitrogen and oxygen atoms in total. The third kappa shape index (κ3) is 6.63. The highest BCUT2D eigenvalue weighted by Gasteiger charge is 2.05. The summed E-state index contributed by atoms with van der Waals surface area (Å²) in [7, 11) is 1.34. The van der Waals surface area contributed by atoms with E-state index in [4.69, 9.17) is 4.74 Å². The molecule has 0 saturated heterocycles. The summed E-state index contributed by atoms with van der Waals surface area (Å²) in [6.45, 7) is 0. The molecular formula is C19H20FNO4. The zero-order chi connectivity index (χ0) is 18.1. The minimum atomic E-state index is -0.367. The van der Waals surface area contributed by atoms with Crippen LogP contribution in [0.25, 0.3) is 0 Å². The minimum Gasteiger partial charge on any atom is -0.469 e. The third-order valence-corrected chi connectivity index (χ3v) is 3.43. The maximum Gasteiger partial charge on any atom is 0.305 e. The van der Waals surface area contributed by atoms with Crippen LogP contribution in [-0.2, 0) is 14.3 Å². The lowest BCUT2D eigenvalue weighted by molar-refractivity contribution is -0.140. The van der Waals surface area contributed by atoms with Crippen molar-refractivity contribution < 1.29 is 23.5 Å². The third-order valence-electron chi connectivity index (χ3n) is 3.43. The molecule has 0 aromatic heterocycles. The predicted octanol–water partition coefficient (Wildman–Crippen LogP) is 4.29. The van der Waals surface area contributed by atoms with Gasteiger partial charge in [0.1, 0.15) is 17.3 Å². The van der Waals surface area contributed by atoms with Crippen molar-refractivity contribution in [2.75, 3.05) is 12.4 Å². The second kappa shape index (κ2) is 9.42. The van der Waals surface area contributed by atoms with Gasteiger partial charge in [-0.2, -0.15) is 0 Å². The molecular weight excluding hydrogens is 325 g/mol. The van der Waals surface area contributed by atoms with Gasteiger partial charge in [-0.15, -0.1) is 0 Å². The van der Waals surface area contributed by atoms with Gasteiger partial charge in [0.15, 0.2) is 0 Å². The number of hydrogen-bond acceptors (Lipinski definition) is 4. The Kier molecular flexibility index (Phi) is 6.95. The lowest BCUT2D eigenvalue weighted by atomic mass is 10.2. The summed E-state index contributed by atoms with van der Waals surface area (Å²) in [5, 5.41) is 2.77. The molecule has 0 aliphatic heterocycles. The number of benzene rings is 2. The molecule has 2 aromatic carbocycles. The first-order chi connectivity index (χ1) is 12.1. The van der Waals surface area contributed by atoms with Crippen molar-refractivity contribution in [2.24, 2.45) is 0 Å². The van der Waals surface area contributed by atoms with E-state index >= 15 is 0 Å². The Bertz CT molecular complexity index is 716. The summed E-state index contributed by atoms with van der Waals surface area (Å²) in [4.78, 5) is 22.8. The maximum absolute atomic E-state index is 13.1. The number of carbonyl (C=O) groups excluding carboxylic acids is 2. The van der Waals surface area contributed by atoms with Crippen LogP contribution in [0.4, 0.5) is 10.1 Å². The topological polar surface area (TPSA) is 64.6 Å². The molecule has 25 heavy (non-hydrogen) atoms. The summed E-state index contributed by atoms with van der Waals surface area (Å²) in [5.41, 5.74) is 0.643. The van der Waals surface area contributed by atoms with E-state index in [1.165, 1.54) is 19.2 Å². The van der Waals surface area contributed by atoms with Gasteiger partial charge in [-0.1, -0.05) is 6.07 Å². The van der Waals surface area contributed by atoms with Gasteiger partial charge in [-0.05, 0) is 49.2 Å². The van der Waals surface area contributed by atoms with E-state index in [0.717, 1.165) is 0 Å². The smallest absolute Gasteiger partial charge is 0.305 e. The maximum atomic E-state index is 13.1. The highest BCUT2D eigenvalue weighted by molar-refractivity contribution is 5.90. The first kappa shape index (κ1) is 18.4. The van der Waals surface area contributed by atoms with Crippen LogP contribution in [-0.4, -0.2) is 19.0 Å². The zero-order valence-electron chi connectivity index (χ0n) is 14.0. The van der Waals surface area contributed by atoms with Crippen molar-refractivity contribution in [1.82, 2.24) is 0 Å². The molecule has 0 atom stereocenters. The number of nitrogens with one attached hydrogen (secondary N) is 1. The number of amides is 1. The Hall–Kier alpha value is -2.89. The van der Waals surface area contributed by atoms with E-state index in [2.05, 4.69) is 10.1 Å². The number of anilines is 1. The molecule has 0 spiro atoms. The second-order valence-corrected chi connectivity index (χ2v) is 5.42. The van der Waals surface area contributed by atoms with Gasteiger partial charge >= 0.3 is 5.97 Å². The summed E-state index contributed by atoms with van der Waals surface area (Å²) in [5.74, 6) is 0.190. The fourth-order valence-corrected chi connectivity index (χ4v) is 2.15. The second-order valence-electron chi connectivity index (χ2n) is 5.42. The number of esters is 1. The molecule has 0 heterocycles. The van der Waals surface area contributed by atoms with Crippen LogP contribution in [0.2, 0.25) is 0 Å². The van der Waals surface area contributed by atoms with Crippen LogP contribution in [0.1, 0.15) is 25.7 Å². The Labute approximate surface area is 145 Å². The number of carbonyl (C=O) groups is 2. The van der Waals surface area contributed by atoms with Gasteiger partial charge < -0.3 is 14.8 Å². The van der Waals surface area contributed by atoms with Crippen LogP contribution >= 0.6 is 0 Å². The van der Waals surface area contributed by atoms with E-state index in [1.807, 2.05) is 0 Å². The van der Waals surface area contributed by atoms with Crippen molar-refractivity contribution in [3.05, 3.63) is 54.3 Å². The monoisotopic (exact) mass is 345 g/mol. The standard InChI is InChI=1S/C19H20FNO4/c1-24-19(23)8-3-2-7-18(22)21-15-9-11-16(12-10-15)25-17-6-4-5-14(20)13-17/h4-6,9-13H,2-3,7-8H2,1H3,(H,21,22). The van der Waals surface area contributed by atoms with Crippen LogP contribution < -0.4 is 10.1 Å². The Balaban J connectivity index is 1.77. The summed E-state index contributed by atoms with van der Waals surface area (Å²) in [6, 6.07) is 12.7. The fraction of sp³-hybridized carbons (Fsp3) is 0.263. The quantitative estimate of drug-likeness (QED) is 0.572. The van der Waals surface area contributed by atoms with Crippen LogP contribution in [0.3, 0.4) is 0 Å². The van der Waals surface area contributed by atoms with Gasteiger partial charge in [0.05, 0.1) is 7.11 Å². The van der Waals surface area contributed by atoms with Crippen molar-refractivity contribution in [3.8, 4) is 11.5 Å². The Morgan fingerprint density at radius 3 is 2.40 bits per heavy atom. The van der Waals surface area contributed by atoms with E-state index in [1.54, 1.807) is 36.4 Å². The van der Waals surface area contributed by atoms with Gasteiger partial charge in [-0.25, -0.2) is 4.39 Å². The number of unbranched alkanes of at least 4 members (excludes halogenated alkanes) is 1. The fourth-order valence-electron chi connectivity index (χ4n) is 2.15. The average molecular weight is 345 g/mol. The minimum absolute atomic E-state index is 0.122. The van der Waals surface area contributed by atoms with Crippen molar-refractivity contribution in [2.45, 2.75) is 25.7 Å². The van der Waals surface area contributed by atoms with Crippen LogP contribution in [0.15, 0.2) is 48.5 Å². The molecule has 1 amide bonds. The molecule has 6 heteroatoms. The van der Waals surface area contributed by atoms with Gasteiger partial charge in [-0.3, -0.25) is 9.59 Å². The largest absolute Gasteiger partial charge is 0.469 e. The lowest BCUT2D eigenvalue weighted by Gasteiger charge is -2.08. The zero-order valence-corrected chi connectivity index (χ0v) is 14.0. The highest BCUT2D eigenvalue weighted by atomic mass is 19.1. The summed E-state index contributed by atoms with van der Waals surface area (Å²) >= 11 is 0. The van der Waals surface area contributed by atoms with Gasteiger partial charge in [0.2, 0.25) is 5.91 Å². The Morgan fingerprint density at radius 1 is 1.00 bits per heavy atom. The molecule has 0 aliphatic carbocycles. The van der Waals surface area contributed by atoms with Crippen molar-refractivity contribution >= 4 is 17.6 Å². The van der Waals surface area contributed by atoms with Crippen LogP contribution in [0, 0.1) is 5.82 Å². The number of halogens is 1. The van der Waals surface area contributed by atoms with E-state index < -0.39 is 0 Å². The molecule has 0 saturated carbocycles. The summed E-state index contributed by atoms with van der Waals surface area (Å²) in [6.07, 6.45) is 1.87. The first-order valence-electron chi connectivity index (χ1n) is 7.97. The molecule has 2 aromatic rings. The molecule has 2 rings (SSSR count). The van der Waals surface area contributed by atoms with E-state index in [-0.39, 0.29) is 17.7 Å². The SMILES string of the molecule is COC(=O)CCCCC(=O)Nc1ccc(Oc2cccc(F)c2)cc1. The van der Waals surface area contributed by atoms with Crippen molar-refractivity contribution in [3.63, 3.8) is 0 Å². The van der Waals surface area contributed by atoms with Crippen LogP contribution in [0.5, 0.6) is 11.5 Å². The molecule has 0 radical (unpaired) electrons. The molecule has 0 unspecified atom stereocenters. The van der Waals surface area contributed by atoms with E-state index in [9.17, 15) is 14.0 Å². The van der Waals surface area contributed by atoms with Gasteiger partial charge in [0, 0.05) is 24.6 Å². The van der Waals surface area contributed by atoms with Crippen molar-refractivity contribution in [1.29, 1.82) is 0 Å². The average Bonchev–Trinajstić information content (AvgIpc) is 2.60. The number of hydrogen-bond donors (Lipinski definition) is 1. The van der Waals surface area contributed by atoms with Gasteiger partial charge in [0.25, 0.3) is 0 Å². The van der Waals surface area contributed by atoms with E-state index in [0.29, 0.717) is 42.9 Å². The first-order valence-corrected chi connectivity index (χ1v) is 7.97. The Morgan fingerprint density at radius 2 is 1.72 bits per heavy atom. The molecule has 132 valence electrons. The molecule has 0 bridgehead atoms. The molecule has 0 fully saturated rings. The molecule has 0 aliphatic rings. The summed E-state index contributed by atoms with van der Waals surface area (Å²) < 4.78 is 23.2. The number of ether oxygens (including phenoxy) is 2. The molecule has 1 N–H and O–H groups in total. The highest BCUT2D eigenvalue weighted by Crippen LogP contribution is 2.23. The normalized spacial score (nSPS) is 10.2. The predicted molar refractivity (Wildman–Crippen MR) is 92.0 cm³/mol.